The maximum absolute atomic E-state index is 12.0. The van der Waals surface area contributed by atoms with E-state index in [9.17, 15) is 4.79 Å². The number of rotatable bonds is 5. The Morgan fingerprint density at radius 3 is 2.46 bits per heavy atom. The molecule has 0 saturated heterocycles. The molecule has 1 heterocycles. The van der Waals surface area contributed by atoms with Gasteiger partial charge >= 0.3 is 5.97 Å². The van der Waals surface area contributed by atoms with Gasteiger partial charge in [-0.25, -0.2) is 9.78 Å². The van der Waals surface area contributed by atoms with Crippen LogP contribution in [0.15, 0.2) is 24.3 Å². The molecule has 6 nitrogen and oxygen atoms in total. The van der Waals surface area contributed by atoms with E-state index in [2.05, 4.69) is 4.98 Å². The van der Waals surface area contributed by atoms with Crippen LogP contribution in [0.3, 0.4) is 0 Å². The molecule has 0 atom stereocenters. The van der Waals surface area contributed by atoms with E-state index in [1.54, 1.807) is 24.3 Å². The first-order valence-electron chi connectivity index (χ1n) is 6.54. The average Bonchev–Trinajstić information content (AvgIpc) is 2.60. The quantitative estimate of drug-likeness (QED) is 0.477. The van der Waals surface area contributed by atoms with Crippen molar-refractivity contribution < 1.29 is 14.3 Å². The molecule has 0 saturated carbocycles. The summed E-state index contributed by atoms with van der Waals surface area (Å²) >= 11 is 17.5. The Bertz CT molecular complexity index is 804. The Morgan fingerprint density at radius 2 is 1.83 bits per heavy atom. The third-order valence-electron chi connectivity index (χ3n) is 2.83. The number of hydrogen-bond donors (Lipinski definition) is 1. The number of hydrogen-bond acceptors (Lipinski definition) is 6. The van der Waals surface area contributed by atoms with Gasteiger partial charge in [0.2, 0.25) is 0 Å². The highest BCUT2D eigenvalue weighted by Gasteiger charge is 2.20. The van der Waals surface area contributed by atoms with Gasteiger partial charge < -0.3 is 15.2 Å². The first-order chi connectivity index (χ1) is 11.4. The second kappa shape index (κ2) is 8.06. The molecule has 0 bridgehead atoms. The van der Waals surface area contributed by atoms with Crippen LogP contribution in [0.2, 0.25) is 15.2 Å². The van der Waals surface area contributed by atoms with Crippen molar-refractivity contribution in [2.75, 3.05) is 18.9 Å². The van der Waals surface area contributed by atoms with Gasteiger partial charge in [0.05, 0.1) is 22.3 Å². The monoisotopic (exact) mass is 385 g/mol. The standard InChI is InChI=1S/C15H10Cl3N3O3/c16-10-12(20)11(17)14(18)21-13(10)15(22)24-6-5-23-9-3-1-8(7-19)2-4-9/h1-4H,5-6H2,(H2,20,21). The van der Waals surface area contributed by atoms with Crippen LogP contribution in [0.4, 0.5) is 5.69 Å². The molecule has 0 unspecified atom stereocenters. The maximum Gasteiger partial charge on any atom is 0.358 e. The van der Waals surface area contributed by atoms with E-state index in [0.717, 1.165) is 0 Å². The maximum atomic E-state index is 12.0. The molecule has 1 aromatic carbocycles. The van der Waals surface area contributed by atoms with E-state index in [0.29, 0.717) is 11.3 Å². The molecule has 9 heteroatoms. The van der Waals surface area contributed by atoms with Gasteiger partial charge in [0, 0.05) is 0 Å². The Balaban J connectivity index is 1.91. The summed E-state index contributed by atoms with van der Waals surface area (Å²) in [4.78, 5) is 15.7. The number of ether oxygens (including phenoxy) is 2. The SMILES string of the molecule is N#Cc1ccc(OCCOC(=O)c2nc(Cl)c(Cl)c(N)c2Cl)cc1. The zero-order chi connectivity index (χ0) is 17.7. The van der Waals surface area contributed by atoms with Crippen molar-refractivity contribution in [3.63, 3.8) is 0 Å². The second-order valence-electron chi connectivity index (χ2n) is 4.41. The molecule has 2 aromatic rings. The summed E-state index contributed by atoms with van der Waals surface area (Å²) in [5.74, 6) is -0.256. The van der Waals surface area contributed by atoms with Crippen molar-refractivity contribution in [1.29, 1.82) is 5.26 Å². The van der Waals surface area contributed by atoms with Crippen LogP contribution in [-0.2, 0) is 4.74 Å². The molecular formula is C15H10Cl3N3O3. The van der Waals surface area contributed by atoms with Gasteiger partial charge in [-0.15, -0.1) is 0 Å². The Hall–Kier alpha value is -2.20. The van der Waals surface area contributed by atoms with Crippen LogP contribution in [0.5, 0.6) is 5.75 Å². The van der Waals surface area contributed by atoms with Gasteiger partial charge in [0.25, 0.3) is 0 Å². The van der Waals surface area contributed by atoms with E-state index >= 15 is 0 Å². The zero-order valence-electron chi connectivity index (χ0n) is 12.1. The lowest BCUT2D eigenvalue weighted by Gasteiger charge is -2.10. The summed E-state index contributed by atoms with van der Waals surface area (Å²) < 4.78 is 10.4. The number of aromatic nitrogens is 1. The van der Waals surface area contributed by atoms with Gasteiger partial charge in [-0.1, -0.05) is 34.8 Å². The normalized spacial score (nSPS) is 10.1. The fourth-order valence-corrected chi connectivity index (χ4v) is 2.24. The number of nitrogens with zero attached hydrogens (tertiary/aromatic N) is 2. The number of nitriles is 1. The molecule has 124 valence electrons. The van der Waals surface area contributed by atoms with Crippen molar-refractivity contribution in [2.24, 2.45) is 0 Å². The number of anilines is 1. The molecule has 0 fully saturated rings. The van der Waals surface area contributed by atoms with E-state index in [1.165, 1.54) is 0 Å². The smallest absolute Gasteiger partial charge is 0.358 e. The fraction of sp³-hybridized carbons (Fsp3) is 0.133. The minimum Gasteiger partial charge on any atom is -0.490 e. The first-order valence-corrected chi connectivity index (χ1v) is 7.67. The van der Waals surface area contributed by atoms with Crippen molar-refractivity contribution >= 4 is 46.5 Å². The van der Waals surface area contributed by atoms with E-state index in [4.69, 9.17) is 55.3 Å². The molecule has 0 amide bonds. The van der Waals surface area contributed by atoms with Crippen LogP contribution < -0.4 is 10.5 Å². The highest BCUT2D eigenvalue weighted by molar-refractivity contribution is 6.46. The number of halogens is 3. The van der Waals surface area contributed by atoms with Gasteiger partial charge in [0.1, 0.15) is 24.0 Å². The summed E-state index contributed by atoms with van der Waals surface area (Å²) in [5.41, 5.74) is 5.89. The largest absolute Gasteiger partial charge is 0.490 e. The number of carbonyl (C=O) groups excluding carboxylic acids is 1. The van der Waals surface area contributed by atoms with Crippen molar-refractivity contribution in [3.05, 3.63) is 50.7 Å². The van der Waals surface area contributed by atoms with Crippen LogP contribution in [0.25, 0.3) is 0 Å². The second-order valence-corrected chi connectivity index (χ2v) is 5.53. The highest BCUT2D eigenvalue weighted by Crippen LogP contribution is 2.34. The Morgan fingerprint density at radius 1 is 1.17 bits per heavy atom. The van der Waals surface area contributed by atoms with Crippen LogP contribution in [0, 0.1) is 11.3 Å². The van der Waals surface area contributed by atoms with E-state index in [1.807, 2.05) is 6.07 Å². The highest BCUT2D eigenvalue weighted by atomic mass is 35.5. The third kappa shape index (κ3) is 4.20. The molecule has 0 spiro atoms. The lowest BCUT2D eigenvalue weighted by molar-refractivity contribution is 0.0444. The number of esters is 1. The lowest BCUT2D eigenvalue weighted by Crippen LogP contribution is -2.15. The molecule has 0 aliphatic heterocycles. The Kier molecular flexibility index (Phi) is 6.10. The number of pyridine rings is 1. The van der Waals surface area contributed by atoms with Gasteiger partial charge in [-0.2, -0.15) is 5.26 Å². The van der Waals surface area contributed by atoms with Crippen LogP contribution in [-0.4, -0.2) is 24.2 Å². The van der Waals surface area contributed by atoms with Crippen molar-refractivity contribution in [2.45, 2.75) is 0 Å². The summed E-state index contributed by atoms with van der Waals surface area (Å²) in [7, 11) is 0. The predicted octanol–water partition coefficient (Wildman–Crippen LogP) is 3.73. The molecule has 0 aliphatic rings. The molecule has 24 heavy (non-hydrogen) atoms. The van der Waals surface area contributed by atoms with E-state index < -0.39 is 5.97 Å². The fourth-order valence-electron chi connectivity index (χ4n) is 1.65. The number of nitrogens with two attached hydrogens (primary N) is 1. The van der Waals surface area contributed by atoms with Crippen molar-refractivity contribution in [3.8, 4) is 11.8 Å². The minimum absolute atomic E-state index is 0.0256. The summed E-state index contributed by atoms with van der Waals surface area (Å²) in [6.45, 7) is 0.0586. The summed E-state index contributed by atoms with van der Waals surface area (Å²) in [6, 6.07) is 8.50. The van der Waals surface area contributed by atoms with Gasteiger partial charge in [-0.05, 0) is 24.3 Å². The van der Waals surface area contributed by atoms with E-state index in [-0.39, 0.29) is 39.8 Å². The summed E-state index contributed by atoms with van der Waals surface area (Å²) in [6.07, 6.45) is 0. The topological polar surface area (TPSA) is 98.2 Å². The van der Waals surface area contributed by atoms with Gasteiger partial charge in [-0.3, -0.25) is 0 Å². The minimum atomic E-state index is -0.798. The number of benzene rings is 1. The van der Waals surface area contributed by atoms with Crippen LogP contribution >= 0.6 is 34.8 Å². The molecule has 0 aliphatic carbocycles. The Labute approximate surface area is 152 Å². The number of nitrogen functional groups attached to an aromatic ring is 1. The lowest BCUT2D eigenvalue weighted by atomic mass is 10.2. The molecule has 2 rings (SSSR count). The zero-order valence-corrected chi connectivity index (χ0v) is 14.3. The third-order valence-corrected chi connectivity index (χ3v) is 3.97. The van der Waals surface area contributed by atoms with Gasteiger partial charge in [0.15, 0.2) is 10.8 Å². The van der Waals surface area contributed by atoms with Crippen molar-refractivity contribution in [1.82, 2.24) is 4.98 Å². The number of carbonyl (C=O) groups is 1. The molecule has 2 N–H and O–H groups in total. The predicted molar refractivity (Wildman–Crippen MR) is 90.6 cm³/mol. The molecule has 0 radical (unpaired) electrons. The first kappa shape index (κ1) is 18.1. The molecule has 1 aromatic heterocycles. The van der Waals surface area contributed by atoms with Crippen LogP contribution in [0.1, 0.15) is 16.1 Å². The molecular weight excluding hydrogens is 377 g/mol. The average molecular weight is 387 g/mol. The summed E-state index contributed by atoms with van der Waals surface area (Å²) in [5, 5.41) is 8.41.